The Morgan fingerprint density at radius 1 is 1.29 bits per heavy atom. The number of fused-ring (bicyclic) bond motifs is 2. The highest BCUT2D eigenvalue weighted by atomic mass is 16.5. The van der Waals surface area contributed by atoms with Crippen molar-refractivity contribution in [2.24, 2.45) is 0 Å². The number of rotatable bonds is 6. The molecule has 11 heteroatoms. The largest absolute Gasteiger partial charge is 0.481 e. The molecular weight excluding hydrogens is 452 g/mol. The molecule has 11 nitrogen and oxygen atoms in total. The summed E-state index contributed by atoms with van der Waals surface area (Å²) >= 11 is 0. The second-order valence-electron chi connectivity index (χ2n) is 8.73. The molecule has 0 bridgehead atoms. The van der Waals surface area contributed by atoms with Crippen LogP contribution in [-0.2, 0) is 16.1 Å². The van der Waals surface area contributed by atoms with Gasteiger partial charge in [-0.1, -0.05) is 0 Å². The van der Waals surface area contributed by atoms with Gasteiger partial charge in [0.1, 0.15) is 11.1 Å². The summed E-state index contributed by atoms with van der Waals surface area (Å²) in [4.78, 5) is 37.6. The van der Waals surface area contributed by atoms with Gasteiger partial charge in [-0.3, -0.25) is 19.6 Å². The fourth-order valence-corrected chi connectivity index (χ4v) is 4.36. The molecule has 1 fully saturated rings. The number of hydrogen-bond acceptors (Lipinski definition) is 9. The van der Waals surface area contributed by atoms with Crippen molar-refractivity contribution in [2.75, 3.05) is 24.4 Å². The molecule has 0 radical (unpaired) electrons. The van der Waals surface area contributed by atoms with E-state index in [-0.39, 0.29) is 18.6 Å². The zero-order valence-electron chi connectivity index (χ0n) is 19.2. The Morgan fingerprint density at radius 2 is 2.11 bits per heavy atom. The van der Waals surface area contributed by atoms with Gasteiger partial charge in [0.2, 0.25) is 5.88 Å². The van der Waals surface area contributed by atoms with E-state index in [9.17, 15) is 14.7 Å². The lowest BCUT2D eigenvalue weighted by atomic mass is 9.81. The molecule has 0 saturated heterocycles. The van der Waals surface area contributed by atoms with Crippen molar-refractivity contribution in [3.05, 3.63) is 42.4 Å². The van der Waals surface area contributed by atoms with Crippen LogP contribution in [0, 0.1) is 0 Å². The normalized spacial score (nSPS) is 21.5. The molecule has 5 rings (SSSR count). The molecule has 1 aliphatic carbocycles. The van der Waals surface area contributed by atoms with Crippen LogP contribution in [0.5, 0.6) is 11.6 Å². The highest BCUT2D eigenvalue weighted by Gasteiger charge is 2.40. The minimum Gasteiger partial charge on any atom is -0.481 e. The molecule has 4 N–H and O–H groups in total. The molecule has 0 aromatic carbocycles. The standard InChI is InChI=1S/C24H26N6O5/c1-34-21-3-2-16-22(30-21)17(6-9-25-16)29-23(32)24(33)7-4-14(5-8-24)26-11-15-10-18-19(12-27-15)35-13-20(31)28-18/h2-3,6,9-10,12,14,26,33H,4-5,7-8,11,13H2,1H3,(H,28,31)(H,25,29,32). The van der Waals surface area contributed by atoms with Gasteiger partial charge < -0.3 is 30.5 Å². The van der Waals surface area contributed by atoms with Crippen LogP contribution in [0.25, 0.3) is 11.0 Å². The molecule has 182 valence electrons. The van der Waals surface area contributed by atoms with E-state index in [0.29, 0.717) is 66.3 Å². The molecule has 4 heterocycles. The number of carbonyl (C=O) groups is 2. The number of methoxy groups -OCH3 is 1. The van der Waals surface area contributed by atoms with Crippen molar-refractivity contribution < 1.29 is 24.2 Å². The van der Waals surface area contributed by atoms with Crippen LogP contribution in [0.4, 0.5) is 11.4 Å². The lowest BCUT2D eigenvalue weighted by Gasteiger charge is -2.35. The van der Waals surface area contributed by atoms with Gasteiger partial charge in [-0.25, -0.2) is 4.98 Å². The first kappa shape index (κ1) is 22.9. The SMILES string of the molecule is COc1ccc2nccc(NC(=O)C3(O)CCC(NCc4cc5c(cn4)OCC(=O)N5)CC3)c2n1. The van der Waals surface area contributed by atoms with Crippen molar-refractivity contribution in [1.29, 1.82) is 0 Å². The molecule has 2 aliphatic rings. The third-order valence-corrected chi connectivity index (χ3v) is 6.38. The van der Waals surface area contributed by atoms with Gasteiger partial charge in [-0.2, -0.15) is 0 Å². The number of ether oxygens (including phenoxy) is 2. The summed E-state index contributed by atoms with van der Waals surface area (Å²) in [5.74, 6) is 0.314. The summed E-state index contributed by atoms with van der Waals surface area (Å²) in [6, 6.07) is 7.03. The van der Waals surface area contributed by atoms with Crippen molar-refractivity contribution in [3.8, 4) is 11.6 Å². The van der Waals surface area contributed by atoms with Crippen molar-refractivity contribution in [1.82, 2.24) is 20.3 Å². The summed E-state index contributed by atoms with van der Waals surface area (Å²) in [6.45, 7) is 0.488. The summed E-state index contributed by atoms with van der Waals surface area (Å²) in [5, 5.41) is 20.1. The number of nitrogens with one attached hydrogen (secondary N) is 3. The first-order valence-electron chi connectivity index (χ1n) is 11.4. The molecular formula is C24H26N6O5. The van der Waals surface area contributed by atoms with Gasteiger partial charge in [0.15, 0.2) is 12.4 Å². The third-order valence-electron chi connectivity index (χ3n) is 6.38. The van der Waals surface area contributed by atoms with E-state index in [4.69, 9.17) is 9.47 Å². The Labute approximate surface area is 201 Å². The number of aliphatic hydroxyl groups is 1. The van der Waals surface area contributed by atoms with E-state index < -0.39 is 11.5 Å². The minimum atomic E-state index is -1.47. The summed E-state index contributed by atoms with van der Waals surface area (Å²) in [7, 11) is 1.52. The number of aromatic nitrogens is 3. The molecule has 0 unspecified atom stereocenters. The topological polar surface area (TPSA) is 148 Å². The lowest BCUT2D eigenvalue weighted by molar-refractivity contribution is -0.137. The molecule has 0 spiro atoms. The Morgan fingerprint density at radius 3 is 2.91 bits per heavy atom. The monoisotopic (exact) mass is 478 g/mol. The molecule has 0 atom stereocenters. The summed E-state index contributed by atoms with van der Waals surface area (Å²) in [6.07, 6.45) is 5.07. The second kappa shape index (κ2) is 9.43. The molecule has 1 saturated carbocycles. The molecule has 1 aliphatic heterocycles. The van der Waals surface area contributed by atoms with E-state index >= 15 is 0 Å². The molecule has 3 aromatic rings. The van der Waals surface area contributed by atoms with Gasteiger partial charge in [0.05, 0.1) is 35.9 Å². The number of hydrogen-bond donors (Lipinski definition) is 4. The third kappa shape index (κ3) is 4.86. The van der Waals surface area contributed by atoms with Crippen molar-refractivity contribution >= 4 is 34.2 Å². The fourth-order valence-electron chi connectivity index (χ4n) is 4.36. The van der Waals surface area contributed by atoms with E-state index in [1.807, 2.05) is 0 Å². The Hall–Kier alpha value is -3.83. The van der Waals surface area contributed by atoms with Gasteiger partial charge in [-0.15, -0.1) is 0 Å². The van der Waals surface area contributed by atoms with Crippen LogP contribution in [0.2, 0.25) is 0 Å². The van der Waals surface area contributed by atoms with Crippen LogP contribution in [0.3, 0.4) is 0 Å². The van der Waals surface area contributed by atoms with Crippen LogP contribution >= 0.6 is 0 Å². The maximum Gasteiger partial charge on any atom is 0.262 e. The Balaban J connectivity index is 1.18. The maximum absolute atomic E-state index is 13.0. The predicted molar refractivity (Wildman–Crippen MR) is 127 cm³/mol. The number of anilines is 2. The van der Waals surface area contributed by atoms with Crippen molar-refractivity contribution in [3.63, 3.8) is 0 Å². The van der Waals surface area contributed by atoms with Crippen LogP contribution in [-0.4, -0.2) is 57.2 Å². The first-order chi connectivity index (χ1) is 16.9. The summed E-state index contributed by atoms with van der Waals surface area (Å²) in [5.41, 5.74) is 1.49. The Bertz CT molecular complexity index is 1270. The zero-order chi connectivity index (χ0) is 24.4. The average Bonchev–Trinajstić information content (AvgIpc) is 2.88. The van der Waals surface area contributed by atoms with E-state index in [1.54, 1.807) is 36.7 Å². The molecule has 2 amide bonds. The quantitative estimate of drug-likeness (QED) is 0.416. The van der Waals surface area contributed by atoms with Gasteiger partial charge in [0.25, 0.3) is 11.8 Å². The van der Waals surface area contributed by atoms with E-state index in [2.05, 4.69) is 30.9 Å². The van der Waals surface area contributed by atoms with Crippen LogP contribution in [0.1, 0.15) is 31.4 Å². The fraction of sp³-hybridized carbons (Fsp3) is 0.375. The highest BCUT2D eigenvalue weighted by molar-refractivity contribution is 6.02. The maximum atomic E-state index is 13.0. The zero-order valence-corrected chi connectivity index (χ0v) is 19.2. The second-order valence-corrected chi connectivity index (χ2v) is 8.73. The van der Waals surface area contributed by atoms with E-state index in [1.165, 1.54) is 7.11 Å². The minimum absolute atomic E-state index is 0.00702. The van der Waals surface area contributed by atoms with Gasteiger partial charge >= 0.3 is 0 Å². The summed E-state index contributed by atoms with van der Waals surface area (Å²) < 4.78 is 10.5. The molecule has 3 aromatic heterocycles. The van der Waals surface area contributed by atoms with Gasteiger partial charge in [0, 0.05) is 24.8 Å². The Kier molecular flexibility index (Phi) is 6.18. The smallest absolute Gasteiger partial charge is 0.262 e. The van der Waals surface area contributed by atoms with E-state index in [0.717, 1.165) is 5.69 Å². The highest BCUT2D eigenvalue weighted by Crippen LogP contribution is 2.32. The van der Waals surface area contributed by atoms with Crippen LogP contribution in [0.15, 0.2) is 36.7 Å². The first-order valence-corrected chi connectivity index (χ1v) is 11.4. The predicted octanol–water partition coefficient (Wildman–Crippen LogP) is 1.77. The molecule has 35 heavy (non-hydrogen) atoms. The number of pyridine rings is 3. The lowest BCUT2D eigenvalue weighted by Crippen LogP contribution is -2.48. The van der Waals surface area contributed by atoms with Gasteiger partial charge in [-0.05, 0) is 43.9 Å². The van der Waals surface area contributed by atoms with Crippen LogP contribution < -0.4 is 25.4 Å². The van der Waals surface area contributed by atoms with Crippen molar-refractivity contribution in [2.45, 2.75) is 43.9 Å². The number of amides is 2. The number of nitrogens with zero attached hydrogens (tertiary/aromatic N) is 3. The number of carbonyl (C=O) groups excluding carboxylic acids is 2. The average molecular weight is 479 g/mol.